The highest BCUT2D eigenvalue weighted by atomic mass is 32.2. The normalized spacial score (nSPS) is 16.5. The first-order chi connectivity index (χ1) is 11.6. The Hall–Kier alpha value is -1.64. The van der Waals surface area contributed by atoms with Gasteiger partial charge in [0.25, 0.3) is 5.91 Å². The lowest BCUT2D eigenvalue weighted by Crippen LogP contribution is -2.45. The Bertz CT molecular complexity index is 547. The maximum absolute atomic E-state index is 12.2. The van der Waals surface area contributed by atoms with Crippen molar-refractivity contribution in [3.8, 4) is 0 Å². The van der Waals surface area contributed by atoms with Crippen LogP contribution in [0.2, 0.25) is 0 Å². The number of nitrogens with one attached hydrogen (secondary N) is 1. The standard InChI is InChI=1S/C16H24N4O3S/c1-24-9-4-13(15(17)21)19-16(22)14-3-2-12(10-18-14)11-20-5-7-23-8-6-20/h2-3,10,13H,4-9,11H2,1H3,(H2,17,21)(H,19,22)/t13-/m0/s1. The molecule has 8 heteroatoms. The molecule has 0 aromatic carbocycles. The molecule has 2 heterocycles. The van der Waals surface area contributed by atoms with E-state index in [9.17, 15) is 9.59 Å². The molecule has 0 aliphatic carbocycles. The number of carbonyl (C=O) groups is 2. The number of amides is 2. The lowest BCUT2D eigenvalue weighted by atomic mass is 10.2. The average molecular weight is 352 g/mol. The Kier molecular flexibility index (Phi) is 7.48. The number of pyridine rings is 1. The average Bonchev–Trinajstić information content (AvgIpc) is 2.59. The van der Waals surface area contributed by atoms with Crippen molar-refractivity contribution in [2.75, 3.05) is 38.3 Å². The zero-order valence-electron chi connectivity index (χ0n) is 13.9. The van der Waals surface area contributed by atoms with E-state index in [0.29, 0.717) is 6.42 Å². The van der Waals surface area contributed by atoms with Gasteiger partial charge in [0.2, 0.25) is 5.91 Å². The third-order valence-electron chi connectivity index (χ3n) is 3.83. The molecule has 2 amide bonds. The van der Waals surface area contributed by atoms with Crippen LogP contribution in [0.5, 0.6) is 0 Å². The van der Waals surface area contributed by atoms with Crippen LogP contribution in [0.25, 0.3) is 0 Å². The zero-order valence-corrected chi connectivity index (χ0v) is 14.7. The van der Waals surface area contributed by atoms with Crippen LogP contribution >= 0.6 is 11.8 Å². The van der Waals surface area contributed by atoms with Gasteiger partial charge >= 0.3 is 0 Å². The van der Waals surface area contributed by atoms with E-state index in [2.05, 4.69) is 15.2 Å². The van der Waals surface area contributed by atoms with E-state index in [1.165, 1.54) is 0 Å². The van der Waals surface area contributed by atoms with Crippen molar-refractivity contribution >= 4 is 23.6 Å². The summed E-state index contributed by atoms with van der Waals surface area (Å²) in [6, 6.07) is 2.90. The minimum absolute atomic E-state index is 0.288. The first-order valence-electron chi connectivity index (χ1n) is 7.94. The van der Waals surface area contributed by atoms with Gasteiger partial charge < -0.3 is 15.8 Å². The summed E-state index contributed by atoms with van der Waals surface area (Å²) >= 11 is 1.60. The molecule has 3 N–H and O–H groups in total. The van der Waals surface area contributed by atoms with Crippen LogP contribution in [0, 0.1) is 0 Å². The second-order valence-corrected chi connectivity index (χ2v) is 6.64. The predicted octanol–water partition coefficient (Wildman–Crippen LogP) is 0.251. The summed E-state index contributed by atoms with van der Waals surface area (Å²) in [7, 11) is 0. The number of hydrogen-bond acceptors (Lipinski definition) is 6. The van der Waals surface area contributed by atoms with Crippen LogP contribution in [0.1, 0.15) is 22.5 Å². The number of nitrogens with zero attached hydrogens (tertiary/aromatic N) is 2. The number of aromatic nitrogens is 1. The van der Waals surface area contributed by atoms with Crippen molar-refractivity contribution in [3.05, 3.63) is 29.6 Å². The number of carbonyl (C=O) groups excluding carboxylic acids is 2. The molecule has 1 aliphatic heterocycles. The number of nitrogens with two attached hydrogens (primary N) is 1. The third kappa shape index (κ3) is 5.77. The van der Waals surface area contributed by atoms with Crippen molar-refractivity contribution in [1.82, 2.24) is 15.2 Å². The fourth-order valence-corrected chi connectivity index (χ4v) is 2.89. The first-order valence-corrected chi connectivity index (χ1v) is 9.33. The van der Waals surface area contributed by atoms with Gasteiger partial charge in [0.1, 0.15) is 11.7 Å². The van der Waals surface area contributed by atoms with Gasteiger partial charge in [-0.25, -0.2) is 0 Å². The SMILES string of the molecule is CSCC[C@H](NC(=O)c1ccc(CN2CCOCC2)cn1)C(N)=O. The molecule has 0 bridgehead atoms. The molecule has 0 radical (unpaired) electrons. The fourth-order valence-electron chi connectivity index (χ4n) is 2.42. The Balaban J connectivity index is 1.90. The molecule has 1 aromatic rings. The summed E-state index contributed by atoms with van der Waals surface area (Å²) in [5.74, 6) is -0.154. The molecular formula is C16H24N4O3S. The number of primary amides is 1. The fraction of sp³-hybridized carbons (Fsp3) is 0.562. The molecule has 2 rings (SSSR count). The van der Waals surface area contributed by atoms with E-state index < -0.39 is 11.9 Å². The van der Waals surface area contributed by atoms with Gasteiger partial charge in [0.05, 0.1) is 13.2 Å². The van der Waals surface area contributed by atoms with Crippen molar-refractivity contribution < 1.29 is 14.3 Å². The van der Waals surface area contributed by atoms with Crippen LogP contribution in [-0.4, -0.2) is 66.1 Å². The predicted molar refractivity (Wildman–Crippen MR) is 93.8 cm³/mol. The Morgan fingerprint density at radius 2 is 2.17 bits per heavy atom. The number of rotatable bonds is 8. The molecule has 1 fully saturated rings. The minimum atomic E-state index is -0.667. The van der Waals surface area contributed by atoms with Gasteiger partial charge in [-0.3, -0.25) is 19.5 Å². The van der Waals surface area contributed by atoms with Crippen LogP contribution < -0.4 is 11.1 Å². The molecule has 0 spiro atoms. The number of hydrogen-bond donors (Lipinski definition) is 2. The quantitative estimate of drug-likeness (QED) is 0.696. The molecule has 7 nitrogen and oxygen atoms in total. The molecule has 24 heavy (non-hydrogen) atoms. The zero-order chi connectivity index (χ0) is 17.4. The second-order valence-electron chi connectivity index (χ2n) is 5.65. The van der Waals surface area contributed by atoms with E-state index >= 15 is 0 Å². The van der Waals surface area contributed by atoms with E-state index in [1.807, 2.05) is 12.3 Å². The van der Waals surface area contributed by atoms with E-state index in [-0.39, 0.29) is 11.6 Å². The van der Waals surface area contributed by atoms with Crippen molar-refractivity contribution in [2.24, 2.45) is 5.73 Å². The van der Waals surface area contributed by atoms with Crippen LogP contribution in [-0.2, 0) is 16.1 Å². The highest BCUT2D eigenvalue weighted by molar-refractivity contribution is 7.98. The highest BCUT2D eigenvalue weighted by Gasteiger charge is 2.19. The molecule has 1 saturated heterocycles. The van der Waals surface area contributed by atoms with Gasteiger partial charge in [0.15, 0.2) is 0 Å². The van der Waals surface area contributed by atoms with Crippen molar-refractivity contribution in [2.45, 2.75) is 19.0 Å². The van der Waals surface area contributed by atoms with Crippen LogP contribution in [0.3, 0.4) is 0 Å². The monoisotopic (exact) mass is 352 g/mol. The molecule has 1 atom stereocenters. The second kappa shape index (κ2) is 9.61. The van der Waals surface area contributed by atoms with E-state index in [0.717, 1.165) is 44.2 Å². The number of ether oxygens (including phenoxy) is 1. The summed E-state index contributed by atoms with van der Waals surface area (Å²) in [5.41, 5.74) is 6.66. The van der Waals surface area contributed by atoms with Gasteiger partial charge in [-0.15, -0.1) is 0 Å². The summed E-state index contributed by atoms with van der Waals surface area (Å²) in [6.07, 6.45) is 4.15. The van der Waals surface area contributed by atoms with Crippen LogP contribution in [0.15, 0.2) is 18.3 Å². The molecule has 1 aliphatic rings. The minimum Gasteiger partial charge on any atom is -0.379 e. The topological polar surface area (TPSA) is 97.6 Å². The van der Waals surface area contributed by atoms with Crippen molar-refractivity contribution in [3.63, 3.8) is 0 Å². The third-order valence-corrected chi connectivity index (χ3v) is 4.47. The smallest absolute Gasteiger partial charge is 0.270 e. The molecule has 0 saturated carbocycles. The van der Waals surface area contributed by atoms with Crippen LogP contribution in [0.4, 0.5) is 0 Å². The largest absolute Gasteiger partial charge is 0.379 e. The number of morpholine rings is 1. The molecule has 0 unspecified atom stereocenters. The Labute approximate surface area is 146 Å². The number of thioether (sulfide) groups is 1. The first kappa shape index (κ1) is 18.7. The lowest BCUT2D eigenvalue weighted by molar-refractivity contribution is -0.119. The summed E-state index contributed by atoms with van der Waals surface area (Å²) in [5, 5.41) is 2.65. The maximum atomic E-state index is 12.2. The van der Waals surface area contributed by atoms with Crippen molar-refractivity contribution in [1.29, 1.82) is 0 Å². The summed E-state index contributed by atoms with van der Waals surface area (Å²) < 4.78 is 5.32. The van der Waals surface area contributed by atoms with E-state index in [1.54, 1.807) is 24.0 Å². The molecule has 1 aromatic heterocycles. The summed E-state index contributed by atoms with van der Waals surface area (Å²) in [6.45, 7) is 4.09. The Morgan fingerprint density at radius 1 is 1.42 bits per heavy atom. The Morgan fingerprint density at radius 3 is 2.75 bits per heavy atom. The molecule has 132 valence electrons. The molecular weight excluding hydrogens is 328 g/mol. The highest BCUT2D eigenvalue weighted by Crippen LogP contribution is 2.08. The van der Waals surface area contributed by atoms with Gasteiger partial charge in [0, 0.05) is 25.8 Å². The maximum Gasteiger partial charge on any atom is 0.270 e. The van der Waals surface area contributed by atoms with Gasteiger partial charge in [-0.1, -0.05) is 6.07 Å². The van der Waals surface area contributed by atoms with Gasteiger partial charge in [-0.2, -0.15) is 11.8 Å². The van der Waals surface area contributed by atoms with Gasteiger partial charge in [-0.05, 0) is 30.1 Å². The lowest BCUT2D eigenvalue weighted by Gasteiger charge is -2.26. The summed E-state index contributed by atoms with van der Waals surface area (Å²) in [4.78, 5) is 30.1. The van der Waals surface area contributed by atoms with E-state index in [4.69, 9.17) is 10.5 Å².